The minimum Gasteiger partial charge on any atom is -0.292 e. The zero-order valence-electron chi connectivity index (χ0n) is 11.2. The lowest BCUT2D eigenvalue weighted by Crippen LogP contribution is -2.32. The molecule has 1 aromatic heterocycles. The molecule has 1 fully saturated rings. The van der Waals surface area contributed by atoms with Crippen molar-refractivity contribution in [2.75, 3.05) is 6.54 Å². The van der Waals surface area contributed by atoms with E-state index in [1.807, 2.05) is 12.4 Å². The Morgan fingerprint density at radius 2 is 1.79 bits per heavy atom. The Bertz CT molecular complexity index is 495. The smallest absolute Gasteiger partial charge is 0.0352 e. The second-order valence-corrected chi connectivity index (χ2v) is 5.25. The number of rotatable bonds is 3. The van der Waals surface area contributed by atoms with E-state index in [4.69, 9.17) is 0 Å². The summed E-state index contributed by atoms with van der Waals surface area (Å²) in [5, 5.41) is 0. The molecule has 0 bridgehead atoms. The van der Waals surface area contributed by atoms with Crippen molar-refractivity contribution in [3.05, 3.63) is 66.0 Å². The zero-order valence-corrected chi connectivity index (χ0v) is 11.2. The molecule has 19 heavy (non-hydrogen) atoms. The molecule has 0 saturated carbocycles. The summed E-state index contributed by atoms with van der Waals surface area (Å²) in [4.78, 5) is 6.74. The van der Waals surface area contributed by atoms with Gasteiger partial charge in [-0.05, 0) is 42.6 Å². The molecule has 1 aliphatic rings. The van der Waals surface area contributed by atoms with E-state index in [9.17, 15) is 0 Å². The highest BCUT2D eigenvalue weighted by molar-refractivity contribution is 5.18. The van der Waals surface area contributed by atoms with Crippen molar-refractivity contribution >= 4 is 0 Å². The molecule has 1 atom stereocenters. The van der Waals surface area contributed by atoms with Crippen molar-refractivity contribution in [1.29, 1.82) is 0 Å². The highest BCUT2D eigenvalue weighted by Crippen LogP contribution is 2.31. The summed E-state index contributed by atoms with van der Waals surface area (Å²) in [5.41, 5.74) is 2.81. The highest BCUT2D eigenvalue weighted by atomic mass is 15.2. The first-order valence-corrected chi connectivity index (χ1v) is 7.11. The number of pyridine rings is 1. The van der Waals surface area contributed by atoms with Gasteiger partial charge in [0.1, 0.15) is 0 Å². The Hall–Kier alpha value is -1.67. The van der Waals surface area contributed by atoms with Crippen LogP contribution in [0.3, 0.4) is 0 Å². The highest BCUT2D eigenvalue weighted by Gasteiger charge is 2.23. The van der Waals surface area contributed by atoms with Gasteiger partial charge in [0, 0.05) is 25.0 Å². The molecule has 2 nitrogen and oxygen atoms in total. The van der Waals surface area contributed by atoms with Gasteiger partial charge in [-0.1, -0.05) is 36.8 Å². The molecule has 98 valence electrons. The molecule has 0 aliphatic carbocycles. The van der Waals surface area contributed by atoms with Gasteiger partial charge in [0.15, 0.2) is 0 Å². The lowest BCUT2D eigenvalue weighted by atomic mass is 9.95. The van der Waals surface area contributed by atoms with Gasteiger partial charge in [-0.25, -0.2) is 0 Å². The van der Waals surface area contributed by atoms with Gasteiger partial charge < -0.3 is 0 Å². The lowest BCUT2D eigenvalue weighted by molar-refractivity contribution is 0.140. The number of likely N-dealkylation sites (tertiary alicyclic amines) is 1. The monoisotopic (exact) mass is 252 g/mol. The average Bonchev–Trinajstić information content (AvgIpc) is 2.50. The van der Waals surface area contributed by atoms with E-state index in [2.05, 4.69) is 52.3 Å². The van der Waals surface area contributed by atoms with Gasteiger partial charge in [0.25, 0.3) is 0 Å². The van der Waals surface area contributed by atoms with E-state index in [0.717, 1.165) is 6.54 Å². The van der Waals surface area contributed by atoms with Gasteiger partial charge in [0.05, 0.1) is 0 Å². The van der Waals surface area contributed by atoms with Crippen LogP contribution in [0.4, 0.5) is 0 Å². The van der Waals surface area contributed by atoms with Crippen molar-refractivity contribution in [1.82, 2.24) is 9.88 Å². The van der Waals surface area contributed by atoms with Crippen LogP contribution in [0.5, 0.6) is 0 Å². The van der Waals surface area contributed by atoms with Gasteiger partial charge in [0.2, 0.25) is 0 Å². The minimum atomic E-state index is 0.553. The van der Waals surface area contributed by atoms with E-state index in [1.54, 1.807) is 0 Å². The first-order valence-electron chi connectivity index (χ1n) is 7.11. The Morgan fingerprint density at radius 3 is 2.58 bits per heavy atom. The molecule has 0 amide bonds. The number of hydrogen-bond acceptors (Lipinski definition) is 2. The standard InChI is InChI=1S/C17H20N2/c1-2-6-15(7-3-1)14-19-13-5-4-8-17(19)16-9-11-18-12-10-16/h1-3,6-7,9-12,17H,4-5,8,13-14H2/t17-/m0/s1. The number of hydrogen-bond donors (Lipinski definition) is 0. The molecule has 2 heteroatoms. The van der Waals surface area contributed by atoms with E-state index in [1.165, 1.54) is 36.9 Å². The van der Waals surface area contributed by atoms with Crippen molar-refractivity contribution in [2.45, 2.75) is 31.8 Å². The summed E-state index contributed by atoms with van der Waals surface area (Å²) in [6.07, 6.45) is 7.72. The number of piperidine rings is 1. The van der Waals surface area contributed by atoms with Crippen LogP contribution >= 0.6 is 0 Å². The van der Waals surface area contributed by atoms with Crippen LogP contribution in [-0.4, -0.2) is 16.4 Å². The third-order valence-corrected chi connectivity index (χ3v) is 3.93. The molecule has 1 saturated heterocycles. The maximum Gasteiger partial charge on any atom is 0.0352 e. The quantitative estimate of drug-likeness (QED) is 0.825. The normalized spacial score (nSPS) is 20.3. The number of aromatic nitrogens is 1. The van der Waals surface area contributed by atoms with Crippen LogP contribution in [0, 0.1) is 0 Å². The minimum absolute atomic E-state index is 0.553. The number of nitrogens with zero attached hydrogens (tertiary/aromatic N) is 2. The maximum atomic E-state index is 4.13. The largest absolute Gasteiger partial charge is 0.292 e. The third kappa shape index (κ3) is 3.02. The predicted octanol–water partition coefficient (Wildman–Crippen LogP) is 3.81. The van der Waals surface area contributed by atoms with E-state index in [0.29, 0.717) is 6.04 Å². The lowest BCUT2D eigenvalue weighted by Gasteiger charge is -2.36. The third-order valence-electron chi connectivity index (χ3n) is 3.93. The fourth-order valence-corrected chi connectivity index (χ4v) is 2.96. The second kappa shape index (κ2) is 5.98. The van der Waals surface area contributed by atoms with Crippen LogP contribution in [-0.2, 0) is 6.54 Å². The second-order valence-electron chi connectivity index (χ2n) is 5.25. The van der Waals surface area contributed by atoms with Crippen molar-refractivity contribution < 1.29 is 0 Å². The van der Waals surface area contributed by atoms with Gasteiger partial charge >= 0.3 is 0 Å². The molecule has 0 spiro atoms. The fraction of sp³-hybridized carbons (Fsp3) is 0.353. The fourth-order valence-electron chi connectivity index (χ4n) is 2.96. The first kappa shape index (κ1) is 12.4. The van der Waals surface area contributed by atoms with Crippen molar-refractivity contribution in [3.63, 3.8) is 0 Å². The topological polar surface area (TPSA) is 16.1 Å². The summed E-state index contributed by atoms with van der Waals surface area (Å²) < 4.78 is 0. The molecular formula is C17H20N2. The van der Waals surface area contributed by atoms with Crippen LogP contribution < -0.4 is 0 Å². The molecular weight excluding hydrogens is 232 g/mol. The number of benzene rings is 1. The summed E-state index contributed by atoms with van der Waals surface area (Å²) >= 11 is 0. The molecule has 3 rings (SSSR count). The molecule has 2 aromatic rings. The summed E-state index contributed by atoms with van der Waals surface area (Å²) in [6, 6.07) is 15.6. The average molecular weight is 252 g/mol. The summed E-state index contributed by atoms with van der Waals surface area (Å²) in [6.45, 7) is 2.25. The van der Waals surface area contributed by atoms with Crippen LogP contribution in [0.2, 0.25) is 0 Å². The molecule has 1 aliphatic heterocycles. The Kier molecular flexibility index (Phi) is 3.89. The van der Waals surface area contributed by atoms with E-state index >= 15 is 0 Å². The zero-order chi connectivity index (χ0) is 12.9. The Morgan fingerprint density at radius 1 is 1.00 bits per heavy atom. The van der Waals surface area contributed by atoms with E-state index < -0.39 is 0 Å². The predicted molar refractivity (Wildman–Crippen MR) is 77.7 cm³/mol. The van der Waals surface area contributed by atoms with Crippen LogP contribution in [0.15, 0.2) is 54.9 Å². The Labute approximate surface area is 115 Å². The molecule has 0 radical (unpaired) electrons. The molecule has 1 aromatic carbocycles. The van der Waals surface area contributed by atoms with Gasteiger partial charge in [-0.15, -0.1) is 0 Å². The summed E-state index contributed by atoms with van der Waals surface area (Å²) in [5.74, 6) is 0. The maximum absolute atomic E-state index is 4.13. The van der Waals surface area contributed by atoms with Crippen LogP contribution in [0.1, 0.15) is 36.4 Å². The van der Waals surface area contributed by atoms with Crippen LogP contribution in [0.25, 0.3) is 0 Å². The molecule has 2 heterocycles. The molecule has 0 N–H and O–H groups in total. The first-order chi connectivity index (χ1) is 9.43. The SMILES string of the molecule is c1ccc(CN2CCCC[C@H]2c2ccncc2)cc1. The van der Waals surface area contributed by atoms with Crippen molar-refractivity contribution in [2.24, 2.45) is 0 Å². The molecule has 0 unspecified atom stereocenters. The summed E-state index contributed by atoms with van der Waals surface area (Å²) in [7, 11) is 0. The Balaban J connectivity index is 1.78. The van der Waals surface area contributed by atoms with Gasteiger partial charge in [-0.2, -0.15) is 0 Å². The van der Waals surface area contributed by atoms with Crippen molar-refractivity contribution in [3.8, 4) is 0 Å². The van der Waals surface area contributed by atoms with E-state index in [-0.39, 0.29) is 0 Å². The van der Waals surface area contributed by atoms with Gasteiger partial charge in [-0.3, -0.25) is 9.88 Å².